The number of rotatable bonds is 4. The molecule has 1 saturated heterocycles. The van der Waals surface area contributed by atoms with Crippen molar-refractivity contribution in [2.75, 3.05) is 38.2 Å². The van der Waals surface area contributed by atoms with Gasteiger partial charge in [-0.15, -0.1) is 12.4 Å². The Morgan fingerprint density at radius 2 is 1.86 bits per heavy atom. The van der Waals surface area contributed by atoms with E-state index in [1.807, 2.05) is 36.4 Å². The predicted octanol–water partition coefficient (Wildman–Crippen LogP) is 2.87. The van der Waals surface area contributed by atoms with E-state index in [0.29, 0.717) is 6.42 Å². The fraction of sp³-hybridized carbons (Fsp3) is 0.353. The molecule has 0 atom stereocenters. The van der Waals surface area contributed by atoms with E-state index in [4.69, 9.17) is 4.74 Å². The average Bonchev–Trinajstić information content (AvgIpc) is 2.74. The van der Waals surface area contributed by atoms with Crippen LogP contribution in [0.2, 0.25) is 0 Å². The third kappa shape index (κ3) is 4.19. The van der Waals surface area contributed by atoms with Gasteiger partial charge in [-0.1, -0.05) is 36.4 Å². The minimum absolute atomic E-state index is 0. The van der Waals surface area contributed by atoms with E-state index in [0.717, 1.165) is 49.7 Å². The van der Waals surface area contributed by atoms with Crippen molar-refractivity contribution in [1.82, 2.24) is 4.90 Å². The second-order valence-electron chi connectivity index (χ2n) is 5.28. The van der Waals surface area contributed by atoms with Gasteiger partial charge in [0.2, 0.25) is 5.91 Å². The van der Waals surface area contributed by atoms with Crippen molar-refractivity contribution in [3.8, 4) is 11.1 Å². The zero-order valence-corrected chi connectivity index (χ0v) is 13.3. The van der Waals surface area contributed by atoms with Crippen LogP contribution in [0.4, 0.5) is 5.69 Å². The Labute approximate surface area is 137 Å². The number of carbonyl (C=O) groups excluding carboxylic acids is 1. The summed E-state index contributed by atoms with van der Waals surface area (Å²) >= 11 is 0. The first-order chi connectivity index (χ1) is 10.3. The Hall–Kier alpha value is -1.62. The number of ether oxygens (including phenoxy) is 1. The normalized spacial score (nSPS) is 15.3. The SMILES string of the molecule is Cl.O=C(CCN1CCOCC1)Nc1ccc2cccccc1-2. The van der Waals surface area contributed by atoms with Gasteiger partial charge in [0, 0.05) is 37.3 Å². The van der Waals surface area contributed by atoms with Crippen molar-refractivity contribution < 1.29 is 9.53 Å². The number of hydrogen-bond acceptors (Lipinski definition) is 3. The summed E-state index contributed by atoms with van der Waals surface area (Å²) in [5.74, 6) is 0.0699. The van der Waals surface area contributed by atoms with Crippen LogP contribution in [0.25, 0.3) is 11.1 Å². The minimum Gasteiger partial charge on any atom is -0.379 e. The molecule has 1 fully saturated rings. The third-order valence-corrected chi connectivity index (χ3v) is 3.82. The maximum atomic E-state index is 12.1. The summed E-state index contributed by atoms with van der Waals surface area (Å²) in [5.41, 5.74) is 3.12. The Morgan fingerprint density at radius 3 is 2.68 bits per heavy atom. The zero-order chi connectivity index (χ0) is 14.5. The van der Waals surface area contributed by atoms with E-state index in [-0.39, 0.29) is 18.3 Å². The largest absolute Gasteiger partial charge is 0.379 e. The van der Waals surface area contributed by atoms with Crippen molar-refractivity contribution in [3.63, 3.8) is 0 Å². The van der Waals surface area contributed by atoms with Gasteiger partial charge >= 0.3 is 0 Å². The third-order valence-electron chi connectivity index (χ3n) is 3.82. The lowest BCUT2D eigenvalue weighted by atomic mass is 10.2. The standard InChI is InChI=1S/C17H20N2O2.ClH/c20-17(8-9-19-10-12-21-13-11-19)18-16-7-6-14-4-2-1-3-5-15(14)16;/h1-7H,8-13H2,(H,18,20);1H. The average molecular weight is 321 g/mol. The number of nitrogens with zero attached hydrogens (tertiary/aromatic N) is 1. The number of carbonyl (C=O) groups is 1. The lowest BCUT2D eigenvalue weighted by Gasteiger charge is -2.26. The summed E-state index contributed by atoms with van der Waals surface area (Å²) < 4.78 is 5.31. The highest BCUT2D eigenvalue weighted by molar-refractivity contribution is 5.96. The summed E-state index contributed by atoms with van der Waals surface area (Å²) in [6.07, 6.45) is 0.519. The molecule has 5 heteroatoms. The van der Waals surface area contributed by atoms with Crippen LogP contribution in [0.1, 0.15) is 6.42 Å². The topological polar surface area (TPSA) is 41.6 Å². The van der Waals surface area contributed by atoms with Crippen molar-refractivity contribution >= 4 is 24.0 Å². The van der Waals surface area contributed by atoms with Crippen LogP contribution in [0.3, 0.4) is 0 Å². The Bertz CT molecular complexity index is 585. The van der Waals surface area contributed by atoms with Crippen molar-refractivity contribution in [3.05, 3.63) is 42.5 Å². The van der Waals surface area contributed by atoms with E-state index < -0.39 is 0 Å². The Kier molecular flexibility index (Phi) is 6.19. The fourth-order valence-electron chi connectivity index (χ4n) is 2.62. The second-order valence-corrected chi connectivity index (χ2v) is 5.28. The molecule has 3 rings (SSSR count). The highest BCUT2D eigenvalue weighted by Gasteiger charge is 2.14. The first-order valence-corrected chi connectivity index (χ1v) is 7.41. The molecule has 0 aromatic carbocycles. The van der Waals surface area contributed by atoms with Crippen LogP contribution >= 0.6 is 12.4 Å². The lowest BCUT2D eigenvalue weighted by Crippen LogP contribution is -2.38. The first-order valence-electron chi connectivity index (χ1n) is 7.41. The van der Waals surface area contributed by atoms with Crippen LogP contribution in [0.5, 0.6) is 0 Å². The molecular weight excluding hydrogens is 300 g/mol. The van der Waals surface area contributed by atoms with Crippen molar-refractivity contribution in [2.24, 2.45) is 0 Å². The molecule has 0 unspecified atom stereocenters. The van der Waals surface area contributed by atoms with E-state index in [9.17, 15) is 4.79 Å². The smallest absolute Gasteiger partial charge is 0.225 e. The molecule has 0 bridgehead atoms. The summed E-state index contributed by atoms with van der Waals surface area (Å²) in [7, 11) is 0. The van der Waals surface area contributed by atoms with Gasteiger partial charge < -0.3 is 10.1 Å². The number of amides is 1. The number of hydrogen-bond donors (Lipinski definition) is 1. The van der Waals surface area contributed by atoms with Crippen LogP contribution < -0.4 is 5.32 Å². The van der Waals surface area contributed by atoms with Crippen LogP contribution in [0, 0.1) is 0 Å². The second kappa shape index (κ2) is 8.13. The molecule has 118 valence electrons. The predicted molar refractivity (Wildman–Crippen MR) is 90.8 cm³/mol. The molecule has 0 saturated carbocycles. The maximum absolute atomic E-state index is 12.1. The van der Waals surface area contributed by atoms with Crippen molar-refractivity contribution in [1.29, 1.82) is 0 Å². The monoisotopic (exact) mass is 320 g/mol. The van der Waals surface area contributed by atoms with Gasteiger partial charge in [-0.2, -0.15) is 0 Å². The molecule has 4 nitrogen and oxygen atoms in total. The molecule has 1 amide bonds. The number of nitrogens with one attached hydrogen (secondary N) is 1. The van der Waals surface area contributed by atoms with E-state index >= 15 is 0 Å². The maximum Gasteiger partial charge on any atom is 0.225 e. The molecule has 1 N–H and O–H groups in total. The number of fused-ring (bicyclic) bond motifs is 1. The fourth-order valence-corrected chi connectivity index (χ4v) is 2.62. The minimum atomic E-state index is 0. The number of morpholine rings is 1. The van der Waals surface area contributed by atoms with Gasteiger partial charge in [-0.3, -0.25) is 9.69 Å². The summed E-state index contributed by atoms with van der Waals surface area (Å²) in [6.45, 7) is 4.17. The zero-order valence-electron chi connectivity index (χ0n) is 12.5. The van der Waals surface area contributed by atoms with Gasteiger partial charge in [0.05, 0.1) is 13.2 Å². The van der Waals surface area contributed by atoms with Crippen LogP contribution in [-0.4, -0.2) is 43.7 Å². The molecule has 0 aromatic rings. The molecule has 3 aliphatic rings. The molecular formula is C17H21ClN2O2. The van der Waals surface area contributed by atoms with Gasteiger partial charge in [0.1, 0.15) is 0 Å². The molecule has 0 aromatic heterocycles. The lowest BCUT2D eigenvalue weighted by molar-refractivity contribution is -0.116. The molecule has 1 heterocycles. The highest BCUT2D eigenvalue weighted by atomic mass is 35.5. The first kappa shape index (κ1) is 16.7. The van der Waals surface area contributed by atoms with Crippen LogP contribution in [-0.2, 0) is 9.53 Å². The summed E-state index contributed by atoms with van der Waals surface area (Å²) in [6, 6.07) is 14.1. The number of anilines is 1. The quantitative estimate of drug-likeness (QED) is 0.942. The molecule has 1 aliphatic heterocycles. The highest BCUT2D eigenvalue weighted by Crippen LogP contribution is 2.31. The molecule has 22 heavy (non-hydrogen) atoms. The summed E-state index contributed by atoms with van der Waals surface area (Å²) in [4.78, 5) is 14.4. The Morgan fingerprint density at radius 1 is 1.09 bits per heavy atom. The number of halogens is 1. The summed E-state index contributed by atoms with van der Waals surface area (Å²) in [5, 5.41) is 3.02. The Balaban J connectivity index is 0.00000176. The van der Waals surface area contributed by atoms with E-state index in [2.05, 4.69) is 16.3 Å². The van der Waals surface area contributed by atoms with E-state index in [1.54, 1.807) is 0 Å². The van der Waals surface area contributed by atoms with Gasteiger partial charge in [0.15, 0.2) is 0 Å². The van der Waals surface area contributed by atoms with Crippen LogP contribution in [0.15, 0.2) is 42.5 Å². The van der Waals surface area contributed by atoms with Crippen molar-refractivity contribution in [2.45, 2.75) is 6.42 Å². The van der Waals surface area contributed by atoms with E-state index in [1.165, 1.54) is 0 Å². The molecule has 0 radical (unpaired) electrons. The van der Waals surface area contributed by atoms with Gasteiger partial charge in [0.25, 0.3) is 0 Å². The molecule has 0 spiro atoms. The van der Waals surface area contributed by atoms with Gasteiger partial charge in [-0.25, -0.2) is 0 Å². The molecule has 2 aliphatic carbocycles. The van der Waals surface area contributed by atoms with Gasteiger partial charge in [-0.05, 0) is 11.6 Å².